The summed E-state index contributed by atoms with van der Waals surface area (Å²) in [6.45, 7) is 22.4. The molecule has 4 N–H and O–H groups in total. The van der Waals surface area contributed by atoms with E-state index in [0.29, 0.717) is 16.7 Å². The zero-order valence-corrected chi connectivity index (χ0v) is 27.0. The van der Waals surface area contributed by atoms with Crippen LogP contribution in [0, 0.1) is 57.7 Å². The maximum atomic E-state index is 6.12. The lowest BCUT2D eigenvalue weighted by Gasteiger charge is -2.62. The molecule has 0 spiro atoms. The SMILES string of the molecule is C=C(CC1CCC2(C)C(=CCC3C2CCC2(C)C(C(C)CCCC(C)C)CCC32)C1(C)C)c1cc(N)cc(N)c1. The maximum Gasteiger partial charge on any atom is 0.0340 e. The first-order chi connectivity index (χ1) is 18.8. The van der Waals surface area contributed by atoms with Crippen molar-refractivity contribution in [3.05, 3.63) is 42.0 Å². The minimum atomic E-state index is 0.191. The summed E-state index contributed by atoms with van der Waals surface area (Å²) in [4.78, 5) is 0. The lowest BCUT2D eigenvalue weighted by molar-refractivity contribution is -0.0647. The van der Waals surface area contributed by atoms with Gasteiger partial charge in [-0.2, -0.15) is 0 Å². The lowest BCUT2D eigenvalue weighted by atomic mass is 9.43. The number of fused-ring (bicyclic) bond motifs is 5. The molecular weight excluding hydrogens is 484 g/mol. The van der Waals surface area contributed by atoms with E-state index in [4.69, 9.17) is 11.5 Å². The number of allylic oxidation sites excluding steroid dienone is 3. The van der Waals surface area contributed by atoms with Crippen LogP contribution < -0.4 is 11.5 Å². The number of nitrogens with two attached hydrogens (primary N) is 2. The van der Waals surface area contributed by atoms with Gasteiger partial charge >= 0.3 is 0 Å². The third-order valence-electron chi connectivity index (χ3n) is 13.3. The van der Waals surface area contributed by atoms with Gasteiger partial charge in [0.05, 0.1) is 0 Å². The molecule has 4 aliphatic carbocycles. The van der Waals surface area contributed by atoms with E-state index in [1.807, 2.05) is 18.2 Å². The summed E-state index contributed by atoms with van der Waals surface area (Å²) >= 11 is 0. The van der Waals surface area contributed by atoms with Crippen molar-refractivity contribution in [3.8, 4) is 0 Å². The molecule has 8 unspecified atom stereocenters. The summed E-state index contributed by atoms with van der Waals surface area (Å²) in [7, 11) is 0. The van der Waals surface area contributed by atoms with Crippen LogP contribution in [-0.4, -0.2) is 0 Å². The maximum absolute atomic E-state index is 6.12. The van der Waals surface area contributed by atoms with Gasteiger partial charge in [-0.3, -0.25) is 0 Å². The minimum Gasteiger partial charge on any atom is -0.399 e. The van der Waals surface area contributed by atoms with Crippen LogP contribution >= 0.6 is 0 Å². The van der Waals surface area contributed by atoms with Crippen molar-refractivity contribution in [2.45, 2.75) is 119 Å². The summed E-state index contributed by atoms with van der Waals surface area (Å²) in [6.07, 6.45) is 17.8. The Morgan fingerprint density at radius 1 is 0.900 bits per heavy atom. The molecule has 2 heteroatoms. The van der Waals surface area contributed by atoms with Crippen LogP contribution in [0.25, 0.3) is 5.57 Å². The van der Waals surface area contributed by atoms with Gasteiger partial charge in [-0.15, -0.1) is 0 Å². The Hall–Kier alpha value is -1.70. The van der Waals surface area contributed by atoms with Gasteiger partial charge in [-0.1, -0.05) is 86.0 Å². The molecule has 1 aromatic rings. The fourth-order valence-corrected chi connectivity index (χ4v) is 11.1. The molecule has 40 heavy (non-hydrogen) atoms. The van der Waals surface area contributed by atoms with Gasteiger partial charge in [0.15, 0.2) is 0 Å². The Morgan fingerprint density at radius 3 is 2.27 bits per heavy atom. The third kappa shape index (κ3) is 5.09. The van der Waals surface area contributed by atoms with E-state index < -0.39 is 0 Å². The van der Waals surface area contributed by atoms with Crippen LogP contribution in [0.5, 0.6) is 0 Å². The molecule has 4 aliphatic rings. The second-order valence-corrected chi connectivity index (χ2v) is 16.3. The number of anilines is 2. The number of hydrogen-bond acceptors (Lipinski definition) is 2. The van der Waals surface area contributed by atoms with E-state index in [9.17, 15) is 0 Å². The van der Waals surface area contributed by atoms with Gasteiger partial charge < -0.3 is 11.5 Å². The summed E-state index contributed by atoms with van der Waals surface area (Å²) < 4.78 is 0. The third-order valence-corrected chi connectivity index (χ3v) is 13.3. The Kier molecular flexibility index (Phi) is 8.08. The van der Waals surface area contributed by atoms with E-state index >= 15 is 0 Å². The standard InChI is InChI=1S/C38H60N2/c1-24(2)10-9-11-25(3)32-13-14-33-31-12-15-35-36(5,6)28(20-26(4)27-21-29(39)23-30(40)22-27)16-18-38(35,8)34(31)17-19-37(32,33)7/h15,21-25,28,31-34H,4,9-14,16-20,39-40H2,1-3,5-8H3. The van der Waals surface area contributed by atoms with Gasteiger partial charge in [-0.05, 0) is 138 Å². The molecular formula is C38H60N2. The van der Waals surface area contributed by atoms with Crippen molar-refractivity contribution in [2.24, 2.45) is 57.7 Å². The fourth-order valence-electron chi connectivity index (χ4n) is 11.1. The first kappa shape index (κ1) is 29.8. The van der Waals surface area contributed by atoms with Gasteiger partial charge in [0.2, 0.25) is 0 Å². The molecule has 222 valence electrons. The largest absolute Gasteiger partial charge is 0.399 e. The van der Waals surface area contributed by atoms with Crippen LogP contribution in [0.3, 0.4) is 0 Å². The van der Waals surface area contributed by atoms with Gasteiger partial charge in [0.1, 0.15) is 0 Å². The Morgan fingerprint density at radius 2 is 1.60 bits per heavy atom. The van der Waals surface area contributed by atoms with Crippen LogP contribution in [0.1, 0.15) is 125 Å². The highest BCUT2D eigenvalue weighted by Crippen LogP contribution is 2.70. The van der Waals surface area contributed by atoms with E-state index in [0.717, 1.165) is 58.9 Å². The van der Waals surface area contributed by atoms with Crippen LogP contribution in [-0.2, 0) is 0 Å². The predicted molar refractivity (Wildman–Crippen MR) is 175 cm³/mol. The highest BCUT2D eigenvalue weighted by molar-refractivity contribution is 5.71. The van der Waals surface area contributed by atoms with Crippen molar-refractivity contribution in [1.82, 2.24) is 0 Å². The predicted octanol–water partition coefficient (Wildman–Crippen LogP) is 10.5. The molecule has 8 atom stereocenters. The topological polar surface area (TPSA) is 52.0 Å². The quantitative estimate of drug-likeness (QED) is 0.252. The fraction of sp³-hybridized carbons (Fsp3) is 0.737. The second kappa shape index (κ2) is 10.9. The van der Waals surface area contributed by atoms with Gasteiger partial charge in [0, 0.05) is 11.4 Å². The van der Waals surface area contributed by atoms with Crippen molar-refractivity contribution in [2.75, 3.05) is 11.5 Å². The average Bonchev–Trinajstić information content (AvgIpc) is 3.22. The molecule has 0 bridgehead atoms. The van der Waals surface area contributed by atoms with Crippen molar-refractivity contribution in [3.63, 3.8) is 0 Å². The molecule has 0 heterocycles. The van der Waals surface area contributed by atoms with Crippen LogP contribution in [0.15, 0.2) is 36.4 Å². The van der Waals surface area contributed by atoms with Gasteiger partial charge in [-0.25, -0.2) is 0 Å². The monoisotopic (exact) mass is 544 g/mol. The molecule has 0 radical (unpaired) electrons. The lowest BCUT2D eigenvalue weighted by Crippen LogP contribution is -2.53. The number of benzene rings is 1. The summed E-state index contributed by atoms with van der Waals surface area (Å²) in [5.74, 6) is 5.93. The van der Waals surface area contributed by atoms with E-state index in [1.54, 1.807) is 5.57 Å². The molecule has 1 aromatic carbocycles. The van der Waals surface area contributed by atoms with E-state index in [2.05, 4.69) is 61.1 Å². The molecule has 0 saturated heterocycles. The number of nitrogen functional groups attached to an aromatic ring is 2. The van der Waals surface area contributed by atoms with Crippen LogP contribution in [0.2, 0.25) is 0 Å². The first-order valence-electron chi connectivity index (χ1n) is 16.8. The molecule has 2 nitrogen and oxygen atoms in total. The summed E-state index contributed by atoms with van der Waals surface area (Å²) in [6, 6.07) is 5.93. The molecule has 3 saturated carbocycles. The number of rotatable bonds is 8. The highest BCUT2D eigenvalue weighted by Gasteiger charge is 2.61. The zero-order chi connectivity index (χ0) is 29.0. The second-order valence-electron chi connectivity index (χ2n) is 16.3. The van der Waals surface area contributed by atoms with Crippen molar-refractivity contribution >= 4 is 16.9 Å². The van der Waals surface area contributed by atoms with Crippen molar-refractivity contribution < 1.29 is 0 Å². The average molecular weight is 545 g/mol. The minimum absolute atomic E-state index is 0.191. The number of hydrogen-bond donors (Lipinski definition) is 2. The smallest absolute Gasteiger partial charge is 0.0340 e. The highest BCUT2D eigenvalue weighted by atomic mass is 14.7. The van der Waals surface area contributed by atoms with Crippen molar-refractivity contribution in [1.29, 1.82) is 0 Å². The summed E-state index contributed by atoms with van der Waals surface area (Å²) in [5, 5.41) is 0. The first-order valence-corrected chi connectivity index (χ1v) is 16.8. The molecule has 0 aliphatic heterocycles. The molecule has 5 rings (SSSR count). The van der Waals surface area contributed by atoms with Gasteiger partial charge in [0.25, 0.3) is 0 Å². The van der Waals surface area contributed by atoms with Crippen LogP contribution in [0.4, 0.5) is 11.4 Å². The molecule has 3 fully saturated rings. The molecule has 0 amide bonds. The normalized spacial score (nSPS) is 37.3. The Bertz CT molecular complexity index is 1110. The van der Waals surface area contributed by atoms with E-state index in [1.165, 1.54) is 69.8 Å². The summed E-state index contributed by atoms with van der Waals surface area (Å²) in [5.41, 5.74) is 18.9. The Balaban J connectivity index is 1.32. The molecule has 0 aromatic heterocycles. The van der Waals surface area contributed by atoms with E-state index in [-0.39, 0.29) is 5.41 Å². The Labute approximate surface area is 246 Å². The zero-order valence-electron chi connectivity index (χ0n) is 27.0.